The predicted octanol–water partition coefficient (Wildman–Crippen LogP) is 2.81. The van der Waals surface area contributed by atoms with Crippen LogP contribution in [0.4, 0.5) is 4.79 Å². The van der Waals surface area contributed by atoms with E-state index in [0.29, 0.717) is 13.2 Å². The Balaban J connectivity index is 1.51. The molecule has 2 aliphatic rings. The van der Waals surface area contributed by atoms with Crippen LogP contribution in [0.15, 0.2) is 48.5 Å². The molecule has 4 rings (SSSR count). The molecule has 1 amide bonds. The molecule has 140 valence electrons. The molecule has 0 spiro atoms. The standard InChI is InChI=1S/C21H21NO5/c1-25-20(23)19-13-26-11-10-22(19)21(24)27-12-18-16-8-4-2-6-14(16)15-7-3-5-9-17(15)18/h2-9,18-19H,10-13H2,1H3. The number of hydrogen-bond acceptors (Lipinski definition) is 5. The Kier molecular flexibility index (Phi) is 4.81. The zero-order valence-electron chi connectivity index (χ0n) is 15.1. The fourth-order valence-electron chi connectivity index (χ4n) is 3.83. The summed E-state index contributed by atoms with van der Waals surface area (Å²) in [5, 5.41) is 0. The molecule has 1 heterocycles. The zero-order chi connectivity index (χ0) is 18.8. The number of nitrogens with zero attached hydrogens (tertiary/aromatic N) is 1. The summed E-state index contributed by atoms with van der Waals surface area (Å²) < 4.78 is 15.7. The molecule has 6 heteroatoms. The highest BCUT2D eigenvalue weighted by Crippen LogP contribution is 2.44. The van der Waals surface area contributed by atoms with Crippen molar-refractivity contribution in [1.82, 2.24) is 4.90 Å². The van der Waals surface area contributed by atoms with Crippen molar-refractivity contribution in [2.45, 2.75) is 12.0 Å². The summed E-state index contributed by atoms with van der Waals surface area (Å²) in [4.78, 5) is 26.0. The average Bonchev–Trinajstić information content (AvgIpc) is 3.05. The smallest absolute Gasteiger partial charge is 0.410 e. The number of carbonyl (C=O) groups is 2. The number of fused-ring (bicyclic) bond motifs is 3. The van der Waals surface area contributed by atoms with Gasteiger partial charge in [0.1, 0.15) is 6.61 Å². The molecule has 1 atom stereocenters. The van der Waals surface area contributed by atoms with Gasteiger partial charge >= 0.3 is 12.1 Å². The van der Waals surface area contributed by atoms with Crippen LogP contribution in [-0.4, -0.2) is 56.5 Å². The summed E-state index contributed by atoms with van der Waals surface area (Å²) in [7, 11) is 1.30. The van der Waals surface area contributed by atoms with Gasteiger partial charge in [0.05, 0.1) is 20.3 Å². The van der Waals surface area contributed by atoms with Crippen LogP contribution in [0.2, 0.25) is 0 Å². The van der Waals surface area contributed by atoms with E-state index in [1.54, 1.807) is 0 Å². The van der Waals surface area contributed by atoms with Gasteiger partial charge in [-0.15, -0.1) is 0 Å². The van der Waals surface area contributed by atoms with Crippen molar-refractivity contribution >= 4 is 12.1 Å². The fraction of sp³-hybridized carbons (Fsp3) is 0.333. The van der Waals surface area contributed by atoms with Crippen LogP contribution in [0.3, 0.4) is 0 Å². The quantitative estimate of drug-likeness (QED) is 0.781. The molecule has 1 fully saturated rings. The number of morpholine rings is 1. The molecule has 0 bridgehead atoms. The van der Waals surface area contributed by atoms with Crippen molar-refractivity contribution in [2.24, 2.45) is 0 Å². The third-order valence-corrected chi connectivity index (χ3v) is 5.17. The zero-order valence-corrected chi connectivity index (χ0v) is 15.1. The van der Waals surface area contributed by atoms with E-state index in [1.807, 2.05) is 24.3 Å². The molecule has 6 nitrogen and oxygen atoms in total. The van der Waals surface area contributed by atoms with Crippen molar-refractivity contribution in [3.8, 4) is 11.1 Å². The van der Waals surface area contributed by atoms with Gasteiger partial charge in [0.15, 0.2) is 6.04 Å². The molecule has 1 aliphatic heterocycles. The first-order valence-electron chi connectivity index (χ1n) is 8.98. The molecule has 1 unspecified atom stereocenters. The number of esters is 1. The van der Waals surface area contributed by atoms with E-state index in [4.69, 9.17) is 14.2 Å². The van der Waals surface area contributed by atoms with Gasteiger partial charge in [-0.1, -0.05) is 48.5 Å². The number of carbonyl (C=O) groups excluding carboxylic acids is 2. The van der Waals surface area contributed by atoms with Crippen LogP contribution in [-0.2, 0) is 19.0 Å². The van der Waals surface area contributed by atoms with Gasteiger partial charge in [-0.3, -0.25) is 4.90 Å². The fourth-order valence-corrected chi connectivity index (χ4v) is 3.83. The lowest BCUT2D eigenvalue weighted by Gasteiger charge is -2.33. The Morgan fingerprint density at radius 3 is 2.33 bits per heavy atom. The van der Waals surface area contributed by atoms with Gasteiger partial charge in [-0.05, 0) is 22.3 Å². The van der Waals surface area contributed by atoms with Crippen molar-refractivity contribution in [3.63, 3.8) is 0 Å². The molecule has 0 radical (unpaired) electrons. The summed E-state index contributed by atoms with van der Waals surface area (Å²) in [6.45, 7) is 1.02. The van der Waals surface area contributed by atoms with E-state index in [-0.39, 0.29) is 19.1 Å². The third-order valence-electron chi connectivity index (χ3n) is 5.17. The van der Waals surface area contributed by atoms with Crippen LogP contribution in [0, 0.1) is 0 Å². The van der Waals surface area contributed by atoms with Crippen molar-refractivity contribution < 1.29 is 23.8 Å². The van der Waals surface area contributed by atoms with Gasteiger partial charge in [0.25, 0.3) is 0 Å². The number of methoxy groups -OCH3 is 1. The lowest BCUT2D eigenvalue weighted by molar-refractivity contribution is -0.152. The van der Waals surface area contributed by atoms with Crippen LogP contribution in [0.1, 0.15) is 17.0 Å². The number of rotatable bonds is 3. The second kappa shape index (κ2) is 7.40. The van der Waals surface area contributed by atoms with Crippen molar-refractivity contribution in [1.29, 1.82) is 0 Å². The highest BCUT2D eigenvalue weighted by molar-refractivity contribution is 5.82. The van der Waals surface area contributed by atoms with Crippen LogP contribution < -0.4 is 0 Å². The van der Waals surface area contributed by atoms with Gasteiger partial charge in [0, 0.05) is 12.5 Å². The summed E-state index contributed by atoms with van der Waals surface area (Å²) in [6, 6.07) is 15.6. The third kappa shape index (κ3) is 3.17. The number of hydrogen-bond donors (Lipinski definition) is 0. The minimum atomic E-state index is -0.764. The number of ether oxygens (including phenoxy) is 3. The maximum absolute atomic E-state index is 12.6. The Morgan fingerprint density at radius 2 is 1.70 bits per heavy atom. The van der Waals surface area contributed by atoms with E-state index in [9.17, 15) is 9.59 Å². The van der Waals surface area contributed by atoms with Crippen LogP contribution >= 0.6 is 0 Å². The molecule has 0 saturated carbocycles. The second-order valence-electron chi connectivity index (χ2n) is 6.61. The van der Waals surface area contributed by atoms with E-state index in [0.717, 1.165) is 11.1 Å². The minimum absolute atomic E-state index is 0.0148. The minimum Gasteiger partial charge on any atom is -0.467 e. The highest BCUT2D eigenvalue weighted by atomic mass is 16.6. The van der Waals surface area contributed by atoms with Gasteiger partial charge < -0.3 is 14.2 Å². The Morgan fingerprint density at radius 1 is 1.07 bits per heavy atom. The summed E-state index contributed by atoms with van der Waals surface area (Å²) in [6.07, 6.45) is -0.518. The molecule has 0 aromatic heterocycles. The molecule has 27 heavy (non-hydrogen) atoms. The van der Waals surface area contributed by atoms with Crippen LogP contribution in [0.5, 0.6) is 0 Å². The van der Waals surface area contributed by atoms with E-state index in [2.05, 4.69) is 24.3 Å². The van der Waals surface area contributed by atoms with Crippen molar-refractivity contribution in [2.75, 3.05) is 33.5 Å². The Hall–Kier alpha value is -2.86. The molecule has 2 aromatic rings. The van der Waals surface area contributed by atoms with Gasteiger partial charge in [0.2, 0.25) is 0 Å². The van der Waals surface area contributed by atoms with Gasteiger partial charge in [-0.25, -0.2) is 9.59 Å². The predicted molar refractivity (Wildman–Crippen MR) is 98.4 cm³/mol. The number of benzene rings is 2. The molecular formula is C21H21NO5. The SMILES string of the molecule is COC(=O)C1COCCN1C(=O)OCC1c2ccccc2-c2ccccc21. The maximum Gasteiger partial charge on any atom is 0.410 e. The van der Waals surface area contributed by atoms with Crippen molar-refractivity contribution in [3.05, 3.63) is 59.7 Å². The first-order chi connectivity index (χ1) is 13.2. The van der Waals surface area contributed by atoms with Crippen LogP contribution in [0.25, 0.3) is 11.1 Å². The molecule has 0 N–H and O–H groups in total. The Labute approximate surface area is 157 Å². The molecular weight excluding hydrogens is 346 g/mol. The highest BCUT2D eigenvalue weighted by Gasteiger charge is 2.36. The first-order valence-corrected chi connectivity index (χ1v) is 8.98. The Bertz CT molecular complexity index is 820. The summed E-state index contributed by atoms with van der Waals surface area (Å²) in [5.74, 6) is -0.512. The monoisotopic (exact) mass is 367 g/mol. The summed E-state index contributed by atoms with van der Waals surface area (Å²) >= 11 is 0. The maximum atomic E-state index is 12.6. The summed E-state index contributed by atoms with van der Waals surface area (Å²) in [5.41, 5.74) is 4.65. The molecule has 1 aliphatic carbocycles. The average molecular weight is 367 g/mol. The molecule has 2 aromatic carbocycles. The first kappa shape index (κ1) is 17.5. The normalized spacial score (nSPS) is 18.6. The van der Waals surface area contributed by atoms with E-state index >= 15 is 0 Å². The van der Waals surface area contributed by atoms with E-state index in [1.165, 1.54) is 23.1 Å². The van der Waals surface area contributed by atoms with Gasteiger partial charge in [-0.2, -0.15) is 0 Å². The second-order valence-corrected chi connectivity index (χ2v) is 6.61. The number of amides is 1. The lowest BCUT2D eigenvalue weighted by atomic mass is 9.98. The lowest BCUT2D eigenvalue weighted by Crippen LogP contribution is -2.53. The van der Waals surface area contributed by atoms with E-state index < -0.39 is 18.1 Å². The largest absolute Gasteiger partial charge is 0.467 e. The topological polar surface area (TPSA) is 65.1 Å². The molecule has 1 saturated heterocycles.